The van der Waals surface area contributed by atoms with E-state index in [2.05, 4.69) is 10.6 Å². The van der Waals surface area contributed by atoms with Crippen LogP contribution in [0.25, 0.3) is 0 Å². The quantitative estimate of drug-likeness (QED) is 0.570. The van der Waals surface area contributed by atoms with Crippen molar-refractivity contribution in [3.05, 3.63) is 34.9 Å². The zero-order valence-electron chi connectivity index (χ0n) is 17.8. The van der Waals surface area contributed by atoms with Crippen LogP contribution in [-0.2, 0) is 20.9 Å². The highest BCUT2D eigenvalue weighted by Gasteiger charge is 2.45. The highest BCUT2D eigenvalue weighted by molar-refractivity contribution is 6.23. The van der Waals surface area contributed by atoms with Crippen LogP contribution in [0.2, 0.25) is 0 Å². The van der Waals surface area contributed by atoms with E-state index >= 15 is 0 Å². The smallest absolute Gasteiger partial charge is 0.262 e. The van der Waals surface area contributed by atoms with E-state index in [4.69, 9.17) is 0 Å². The molecule has 0 spiro atoms. The Morgan fingerprint density at radius 1 is 1.03 bits per heavy atom. The van der Waals surface area contributed by atoms with E-state index in [1.807, 2.05) is 16.8 Å². The van der Waals surface area contributed by atoms with Crippen LogP contribution >= 0.6 is 0 Å². The normalized spacial score (nSPS) is 26.1. The summed E-state index contributed by atoms with van der Waals surface area (Å²) in [6.45, 7) is 2.89. The fourth-order valence-corrected chi connectivity index (χ4v) is 4.97. The molecule has 10 heteroatoms. The van der Waals surface area contributed by atoms with Crippen molar-refractivity contribution >= 4 is 29.5 Å². The van der Waals surface area contributed by atoms with Crippen LogP contribution in [0.3, 0.4) is 0 Å². The maximum Gasteiger partial charge on any atom is 0.262 e. The minimum atomic E-state index is -0.977. The summed E-state index contributed by atoms with van der Waals surface area (Å²) in [6, 6.07) is 4.15. The highest BCUT2D eigenvalue weighted by Crippen LogP contribution is 2.29. The van der Waals surface area contributed by atoms with Crippen molar-refractivity contribution in [1.82, 2.24) is 25.3 Å². The lowest BCUT2D eigenvalue weighted by molar-refractivity contribution is -0.136. The van der Waals surface area contributed by atoms with Gasteiger partial charge in [0.25, 0.3) is 11.8 Å². The molecule has 4 aliphatic rings. The second kappa shape index (κ2) is 7.79. The number of benzene rings is 1. The Kier molecular flexibility index (Phi) is 5.06. The molecule has 0 radical (unpaired) electrons. The average molecular weight is 439 g/mol. The first-order valence-electron chi connectivity index (χ1n) is 10.9. The molecule has 1 aromatic rings. The lowest BCUT2D eigenvalue weighted by Gasteiger charge is -2.36. The number of fused-ring (bicyclic) bond motifs is 1. The Balaban J connectivity index is 1.30. The van der Waals surface area contributed by atoms with E-state index in [9.17, 15) is 24.0 Å². The number of likely N-dealkylation sites (tertiary alicyclic amines) is 1. The summed E-state index contributed by atoms with van der Waals surface area (Å²) in [5, 5.41) is 5.39. The third kappa shape index (κ3) is 3.30. The Morgan fingerprint density at radius 2 is 1.78 bits per heavy atom. The van der Waals surface area contributed by atoms with Crippen LogP contribution < -0.4 is 10.6 Å². The number of hydrogen-bond acceptors (Lipinski definition) is 7. The number of carbonyl (C=O) groups is 5. The lowest BCUT2D eigenvalue weighted by atomic mass is 10.0. The van der Waals surface area contributed by atoms with Crippen LogP contribution in [-0.4, -0.2) is 89.0 Å². The fraction of sp³-hybridized carbons (Fsp3) is 0.500. The van der Waals surface area contributed by atoms with Gasteiger partial charge in [-0.3, -0.25) is 39.1 Å². The maximum absolute atomic E-state index is 13.0. The van der Waals surface area contributed by atoms with Crippen molar-refractivity contribution in [3.63, 3.8) is 0 Å². The van der Waals surface area contributed by atoms with Crippen LogP contribution in [0, 0.1) is 0 Å². The Labute approximate surface area is 184 Å². The van der Waals surface area contributed by atoms with Crippen LogP contribution in [0.1, 0.15) is 45.5 Å². The molecule has 5 amide bonds. The number of imide groups is 2. The molecular formula is C22H25N5O5. The molecule has 2 N–H and O–H groups in total. The molecule has 4 heterocycles. The molecule has 0 saturated carbocycles. The second-order valence-corrected chi connectivity index (χ2v) is 8.89. The SMILES string of the molecule is CN(Cc1ccc2c(c1)C(=O)N(C1CCC(=O)NC1=O)C2=O)C1CCN(C2CNC2)C1=O. The summed E-state index contributed by atoms with van der Waals surface area (Å²) in [4.78, 5) is 67.1. The molecular weight excluding hydrogens is 414 g/mol. The molecule has 0 bridgehead atoms. The number of likely N-dealkylation sites (N-methyl/N-ethyl adjacent to an activating group) is 1. The Bertz CT molecular complexity index is 1040. The van der Waals surface area contributed by atoms with Gasteiger partial charge in [-0.1, -0.05) is 6.07 Å². The largest absolute Gasteiger partial charge is 0.336 e. The minimum Gasteiger partial charge on any atom is -0.336 e. The highest BCUT2D eigenvalue weighted by atomic mass is 16.2. The van der Waals surface area contributed by atoms with Gasteiger partial charge in [0.05, 0.1) is 23.2 Å². The number of piperidine rings is 1. The standard InChI is InChI=1S/C22H25N5O5/c1-25(17-6-7-26(22(17)32)13-9-23-10-13)11-12-2-3-14-15(8-12)21(31)27(20(14)30)16-4-5-18(28)24-19(16)29/h2-3,8,13,16-17,23H,4-7,9-11H2,1H3,(H,24,28,29). The van der Waals surface area contributed by atoms with Crippen molar-refractivity contribution in [1.29, 1.82) is 0 Å². The molecule has 2 unspecified atom stereocenters. The summed E-state index contributed by atoms with van der Waals surface area (Å²) in [7, 11) is 1.89. The van der Waals surface area contributed by atoms with Gasteiger partial charge in [-0.25, -0.2) is 0 Å². The number of rotatable bonds is 5. The zero-order valence-corrected chi connectivity index (χ0v) is 17.8. The molecule has 0 aromatic heterocycles. The molecule has 168 valence electrons. The van der Waals surface area contributed by atoms with Crippen molar-refractivity contribution in [2.24, 2.45) is 0 Å². The predicted molar refractivity (Wildman–Crippen MR) is 111 cm³/mol. The number of nitrogens with zero attached hydrogens (tertiary/aromatic N) is 3. The van der Waals surface area contributed by atoms with E-state index in [1.165, 1.54) is 0 Å². The third-order valence-electron chi connectivity index (χ3n) is 6.88. The first-order valence-corrected chi connectivity index (χ1v) is 10.9. The van der Waals surface area contributed by atoms with Crippen molar-refractivity contribution in [3.8, 4) is 0 Å². The van der Waals surface area contributed by atoms with E-state index in [-0.39, 0.29) is 42.0 Å². The van der Waals surface area contributed by atoms with Gasteiger partial charge in [0, 0.05) is 32.6 Å². The molecule has 1 aromatic carbocycles. The summed E-state index contributed by atoms with van der Waals surface area (Å²) < 4.78 is 0. The molecule has 10 nitrogen and oxygen atoms in total. The van der Waals surface area contributed by atoms with Crippen molar-refractivity contribution in [2.45, 2.75) is 43.9 Å². The van der Waals surface area contributed by atoms with Gasteiger partial charge in [-0.2, -0.15) is 0 Å². The van der Waals surface area contributed by atoms with Gasteiger partial charge in [-0.15, -0.1) is 0 Å². The fourth-order valence-electron chi connectivity index (χ4n) is 4.97. The summed E-state index contributed by atoms with van der Waals surface area (Å²) >= 11 is 0. The van der Waals surface area contributed by atoms with Gasteiger partial charge in [-0.05, 0) is 37.6 Å². The zero-order chi connectivity index (χ0) is 22.6. The topological polar surface area (TPSA) is 119 Å². The summed E-state index contributed by atoms with van der Waals surface area (Å²) in [6.07, 6.45) is 0.975. The molecule has 32 heavy (non-hydrogen) atoms. The maximum atomic E-state index is 13.0. The van der Waals surface area contributed by atoms with E-state index < -0.39 is 29.7 Å². The predicted octanol–water partition coefficient (Wildman–Crippen LogP) is -0.908. The van der Waals surface area contributed by atoms with Crippen LogP contribution in [0.5, 0.6) is 0 Å². The van der Waals surface area contributed by atoms with Gasteiger partial charge in [0.15, 0.2) is 0 Å². The minimum absolute atomic E-state index is 0.0865. The van der Waals surface area contributed by atoms with Crippen molar-refractivity contribution < 1.29 is 24.0 Å². The summed E-state index contributed by atoms with van der Waals surface area (Å²) in [5.74, 6) is -1.93. The molecule has 3 saturated heterocycles. The number of amides is 5. The molecule has 4 aliphatic heterocycles. The van der Waals surface area contributed by atoms with Gasteiger partial charge in [0.1, 0.15) is 6.04 Å². The first kappa shape index (κ1) is 20.8. The summed E-state index contributed by atoms with van der Waals surface area (Å²) in [5.41, 5.74) is 1.33. The van der Waals surface area contributed by atoms with E-state index in [1.54, 1.807) is 18.2 Å². The first-order chi connectivity index (χ1) is 15.3. The van der Waals surface area contributed by atoms with Crippen LogP contribution in [0.4, 0.5) is 0 Å². The van der Waals surface area contributed by atoms with E-state index in [0.29, 0.717) is 6.54 Å². The van der Waals surface area contributed by atoms with Crippen LogP contribution in [0.15, 0.2) is 18.2 Å². The van der Waals surface area contributed by atoms with Crippen molar-refractivity contribution in [2.75, 3.05) is 26.7 Å². The lowest BCUT2D eigenvalue weighted by Crippen LogP contribution is -2.58. The Morgan fingerprint density at radius 3 is 2.47 bits per heavy atom. The number of carbonyl (C=O) groups excluding carboxylic acids is 5. The van der Waals surface area contributed by atoms with Gasteiger partial charge >= 0.3 is 0 Å². The molecule has 0 aliphatic carbocycles. The third-order valence-corrected chi connectivity index (χ3v) is 6.88. The van der Waals surface area contributed by atoms with Gasteiger partial charge in [0.2, 0.25) is 17.7 Å². The molecule has 3 fully saturated rings. The molecule has 5 rings (SSSR count). The Hall–Kier alpha value is -3.11. The molecule has 2 atom stereocenters. The van der Waals surface area contributed by atoms with Gasteiger partial charge < -0.3 is 10.2 Å². The number of hydrogen-bond donors (Lipinski definition) is 2. The van der Waals surface area contributed by atoms with E-state index in [0.717, 1.165) is 36.5 Å². The second-order valence-electron chi connectivity index (χ2n) is 8.89. The average Bonchev–Trinajstić information content (AvgIpc) is 3.19. The monoisotopic (exact) mass is 439 g/mol. The number of nitrogens with one attached hydrogen (secondary N) is 2.